The first-order valence-corrected chi connectivity index (χ1v) is 9.59. The predicted octanol–water partition coefficient (Wildman–Crippen LogP) is 3.13. The van der Waals surface area contributed by atoms with Crippen molar-refractivity contribution in [3.05, 3.63) is 29.3 Å². The van der Waals surface area contributed by atoms with Crippen molar-refractivity contribution in [1.82, 2.24) is 14.8 Å². The molecule has 0 radical (unpaired) electrons. The number of amides is 2. The van der Waals surface area contributed by atoms with Crippen molar-refractivity contribution in [2.24, 2.45) is 0 Å². The molecule has 0 bridgehead atoms. The molecule has 1 aromatic carbocycles. The van der Waals surface area contributed by atoms with E-state index in [1.807, 2.05) is 23.1 Å². The van der Waals surface area contributed by atoms with Gasteiger partial charge in [0.2, 0.25) is 5.91 Å². The zero-order chi connectivity index (χ0) is 15.8. The van der Waals surface area contributed by atoms with E-state index in [9.17, 15) is 9.59 Å². The van der Waals surface area contributed by atoms with Crippen LogP contribution in [0.4, 0.5) is 4.79 Å². The number of benzene rings is 1. The van der Waals surface area contributed by atoms with Gasteiger partial charge >= 0.3 is 0 Å². The van der Waals surface area contributed by atoms with Gasteiger partial charge in [0.1, 0.15) is 11.6 Å². The SMILES string of the molecule is O=C1SCCN1CC(=O)N1CCC[C@H]1c1nc2ccccc2s1. The van der Waals surface area contributed by atoms with Gasteiger partial charge in [-0.25, -0.2) is 4.98 Å². The Hall–Kier alpha value is -1.60. The third-order valence-corrected chi connectivity index (χ3v) is 6.37. The van der Waals surface area contributed by atoms with Gasteiger partial charge in [-0.1, -0.05) is 23.9 Å². The Morgan fingerprint density at radius 1 is 1.30 bits per heavy atom. The Labute approximate surface area is 142 Å². The maximum Gasteiger partial charge on any atom is 0.282 e. The molecule has 2 fully saturated rings. The third kappa shape index (κ3) is 2.83. The van der Waals surface area contributed by atoms with E-state index in [4.69, 9.17) is 4.98 Å². The molecule has 1 aromatic heterocycles. The van der Waals surface area contributed by atoms with Gasteiger partial charge in [0.25, 0.3) is 5.24 Å². The van der Waals surface area contributed by atoms with Crippen molar-refractivity contribution >= 4 is 44.5 Å². The average Bonchev–Trinajstić information content (AvgIpc) is 3.26. The molecule has 0 saturated carbocycles. The number of hydrogen-bond donors (Lipinski definition) is 0. The largest absolute Gasteiger partial charge is 0.332 e. The fourth-order valence-electron chi connectivity index (χ4n) is 3.18. The van der Waals surface area contributed by atoms with Gasteiger partial charge in [-0.05, 0) is 25.0 Å². The number of thiazole rings is 1. The Morgan fingerprint density at radius 3 is 2.96 bits per heavy atom. The van der Waals surface area contributed by atoms with Gasteiger partial charge in [-0.15, -0.1) is 11.3 Å². The minimum atomic E-state index is 0.0223. The van der Waals surface area contributed by atoms with E-state index >= 15 is 0 Å². The standard InChI is InChI=1S/C16H17N3O2S2/c20-14(10-18-8-9-22-16(18)21)19-7-3-5-12(19)15-17-11-4-1-2-6-13(11)23-15/h1-2,4,6,12H,3,5,7-10H2/t12-/m0/s1. The number of fused-ring (bicyclic) bond motifs is 1. The maximum absolute atomic E-state index is 12.6. The molecular weight excluding hydrogens is 330 g/mol. The van der Waals surface area contributed by atoms with Crippen LogP contribution in [0, 0.1) is 0 Å². The molecule has 7 heteroatoms. The normalized spacial score (nSPS) is 21.6. The summed E-state index contributed by atoms with van der Waals surface area (Å²) in [4.78, 5) is 32.6. The van der Waals surface area contributed by atoms with Crippen molar-refractivity contribution < 1.29 is 9.59 Å². The molecule has 5 nitrogen and oxygen atoms in total. The smallest absolute Gasteiger partial charge is 0.282 e. The number of aromatic nitrogens is 1. The molecule has 2 aromatic rings. The zero-order valence-corrected chi connectivity index (χ0v) is 14.2. The van der Waals surface area contributed by atoms with Crippen molar-refractivity contribution in [2.45, 2.75) is 18.9 Å². The first-order valence-electron chi connectivity index (χ1n) is 7.79. The van der Waals surface area contributed by atoms with Crippen LogP contribution in [0.2, 0.25) is 0 Å². The van der Waals surface area contributed by atoms with Crippen molar-refractivity contribution in [3.63, 3.8) is 0 Å². The van der Waals surface area contributed by atoms with E-state index in [1.165, 1.54) is 11.8 Å². The summed E-state index contributed by atoms with van der Waals surface area (Å²) in [6.07, 6.45) is 1.95. The molecule has 2 saturated heterocycles. The summed E-state index contributed by atoms with van der Waals surface area (Å²) in [5.74, 6) is 0.829. The molecule has 3 heterocycles. The molecule has 0 N–H and O–H groups in total. The Morgan fingerprint density at radius 2 is 2.17 bits per heavy atom. The van der Waals surface area contributed by atoms with Gasteiger partial charge in [-0.3, -0.25) is 9.59 Å². The van der Waals surface area contributed by atoms with Crippen LogP contribution in [0.25, 0.3) is 10.2 Å². The van der Waals surface area contributed by atoms with Gasteiger partial charge < -0.3 is 9.80 Å². The Kier molecular flexibility index (Phi) is 3.98. The van der Waals surface area contributed by atoms with Crippen LogP contribution < -0.4 is 0 Å². The summed E-state index contributed by atoms with van der Waals surface area (Å²) < 4.78 is 1.16. The van der Waals surface area contributed by atoms with Gasteiger partial charge in [0.05, 0.1) is 16.3 Å². The average molecular weight is 347 g/mol. The first-order chi connectivity index (χ1) is 11.2. The lowest BCUT2D eigenvalue weighted by Crippen LogP contribution is -2.40. The van der Waals surface area contributed by atoms with Crippen LogP contribution in [-0.2, 0) is 4.79 Å². The molecule has 2 aliphatic rings. The minimum Gasteiger partial charge on any atom is -0.332 e. The van der Waals surface area contributed by atoms with Gasteiger partial charge in [-0.2, -0.15) is 0 Å². The highest BCUT2D eigenvalue weighted by Gasteiger charge is 2.34. The van der Waals surface area contributed by atoms with Gasteiger partial charge in [0.15, 0.2) is 0 Å². The number of likely N-dealkylation sites (tertiary alicyclic amines) is 1. The second-order valence-electron chi connectivity index (χ2n) is 5.80. The lowest BCUT2D eigenvalue weighted by molar-refractivity contribution is -0.132. The molecular formula is C16H17N3O2S2. The molecule has 4 rings (SSSR count). The molecule has 0 unspecified atom stereocenters. The monoisotopic (exact) mass is 347 g/mol. The molecule has 120 valence electrons. The van der Waals surface area contributed by atoms with Crippen LogP contribution in [0.15, 0.2) is 24.3 Å². The van der Waals surface area contributed by atoms with Crippen molar-refractivity contribution in [3.8, 4) is 0 Å². The van der Waals surface area contributed by atoms with Crippen LogP contribution >= 0.6 is 23.1 Å². The number of hydrogen-bond acceptors (Lipinski definition) is 5. The molecule has 2 amide bonds. The fourth-order valence-corrected chi connectivity index (χ4v) is 5.12. The number of carbonyl (C=O) groups excluding carboxylic acids is 2. The Balaban J connectivity index is 1.53. The van der Waals surface area contributed by atoms with Crippen LogP contribution in [0.5, 0.6) is 0 Å². The topological polar surface area (TPSA) is 53.5 Å². The van der Waals surface area contributed by atoms with Crippen LogP contribution in [0.1, 0.15) is 23.9 Å². The third-order valence-electron chi connectivity index (χ3n) is 4.34. The molecule has 1 atom stereocenters. The lowest BCUT2D eigenvalue weighted by atomic mass is 10.2. The number of nitrogens with zero attached hydrogens (tertiary/aromatic N) is 3. The van der Waals surface area contributed by atoms with E-state index in [-0.39, 0.29) is 23.7 Å². The number of rotatable bonds is 3. The van der Waals surface area contributed by atoms with E-state index in [1.54, 1.807) is 16.2 Å². The van der Waals surface area contributed by atoms with E-state index in [2.05, 4.69) is 6.07 Å². The second kappa shape index (κ2) is 6.13. The number of thioether (sulfide) groups is 1. The number of carbonyl (C=O) groups is 2. The second-order valence-corrected chi connectivity index (χ2v) is 7.91. The van der Waals surface area contributed by atoms with Crippen LogP contribution in [0.3, 0.4) is 0 Å². The molecule has 0 spiro atoms. The molecule has 0 aliphatic carbocycles. The summed E-state index contributed by atoms with van der Waals surface area (Å²) in [5, 5.41) is 1.04. The summed E-state index contributed by atoms with van der Waals surface area (Å²) in [7, 11) is 0. The molecule has 23 heavy (non-hydrogen) atoms. The summed E-state index contributed by atoms with van der Waals surface area (Å²) in [6, 6.07) is 8.14. The summed E-state index contributed by atoms with van der Waals surface area (Å²) >= 11 is 2.97. The quantitative estimate of drug-likeness (QED) is 0.856. The summed E-state index contributed by atoms with van der Waals surface area (Å²) in [5.41, 5.74) is 0.998. The maximum atomic E-state index is 12.6. The lowest BCUT2D eigenvalue weighted by Gasteiger charge is -2.25. The highest BCUT2D eigenvalue weighted by Crippen LogP contribution is 2.36. The summed E-state index contributed by atoms with van der Waals surface area (Å²) in [6.45, 7) is 1.64. The van der Waals surface area contributed by atoms with Crippen molar-refractivity contribution in [2.75, 3.05) is 25.4 Å². The predicted molar refractivity (Wildman–Crippen MR) is 92.7 cm³/mol. The van der Waals surface area contributed by atoms with E-state index < -0.39 is 0 Å². The highest BCUT2D eigenvalue weighted by molar-refractivity contribution is 8.13. The first kappa shape index (κ1) is 15.0. The minimum absolute atomic E-state index is 0.0223. The number of para-hydroxylation sites is 1. The van der Waals surface area contributed by atoms with E-state index in [0.717, 1.165) is 40.4 Å². The Bertz CT molecular complexity index is 728. The molecule has 2 aliphatic heterocycles. The van der Waals surface area contributed by atoms with Crippen molar-refractivity contribution in [1.29, 1.82) is 0 Å². The zero-order valence-electron chi connectivity index (χ0n) is 12.6. The van der Waals surface area contributed by atoms with Gasteiger partial charge in [0, 0.05) is 18.8 Å². The highest BCUT2D eigenvalue weighted by atomic mass is 32.2. The fraction of sp³-hybridized carbons (Fsp3) is 0.438. The van der Waals surface area contributed by atoms with E-state index in [0.29, 0.717) is 6.54 Å². The van der Waals surface area contributed by atoms with Crippen LogP contribution in [-0.4, -0.2) is 51.3 Å².